The van der Waals surface area contributed by atoms with E-state index in [9.17, 15) is 9.18 Å². The predicted octanol–water partition coefficient (Wildman–Crippen LogP) is 1.91. The third-order valence-corrected chi connectivity index (χ3v) is 2.24. The highest BCUT2D eigenvalue weighted by molar-refractivity contribution is 5.97. The van der Waals surface area contributed by atoms with Gasteiger partial charge in [-0.2, -0.15) is 0 Å². The summed E-state index contributed by atoms with van der Waals surface area (Å²) in [6, 6.07) is 4.37. The summed E-state index contributed by atoms with van der Waals surface area (Å²) < 4.78 is 12.9. The average Bonchev–Trinajstić information content (AvgIpc) is 2.20. The van der Waals surface area contributed by atoms with Crippen LogP contribution in [0.25, 0.3) is 0 Å². The Bertz CT molecular complexity index is 349. The van der Waals surface area contributed by atoms with E-state index in [0.29, 0.717) is 17.7 Å². The van der Waals surface area contributed by atoms with Crippen LogP contribution in [0.1, 0.15) is 22.8 Å². The molecule has 0 saturated heterocycles. The van der Waals surface area contributed by atoms with Crippen molar-refractivity contribution >= 4 is 5.78 Å². The molecule has 0 bridgehead atoms. The van der Waals surface area contributed by atoms with Crippen LogP contribution in [0.3, 0.4) is 0 Å². The Labute approximate surface area is 82.9 Å². The Morgan fingerprint density at radius 1 is 1.57 bits per heavy atom. The van der Waals surface area contributed by atoms with E-state index in [2.05, 4.69) is 0 Å². The summed E-state index contributed by atoms with van der Waals surface area (Å²) >= 11 is 0. The first-order valence-electron chi connectivity index (χ1n) is 4.56. The number of benzene rings is 1. The summed E-state index contributed by atoms with van der Waals surface area (Å²) in [5.41, 5.74) is 6.40. The van der Waals surface area contributed by atoms with E-state index < -0.39 is 0 Å². The van der Waals surface area contributed by atoms with E-state index in [1.807, 2.05) is 0 Å². The lowest BCUT2D eigenvalue weighted by Gasteiger charge is -2.07. The molecule has 0 spiro atoms. The summed E-state index contributed by atoms with van der Waals surface area (Å²) in [7, 11) is 0. The maximum atomic E-state index is 12.9. The lowest BCUT2D eigenvalue weighted by molar-refractivity contribution is 0.0934. The molecule has 1 unspecified atom stereocenters. The minimum Gasteiger partial charge on any atom is -0.330 e. The average molecular weight is 195 g/mol. The second-order valence-electron chi connectivity index (χ2n) is 3.46. The van der Waals surface area contributed by atoms with Gasteiger partial charge in [0.1, 0.15) is 5.82 Å². The summed E-state index contributed by atoms with van der Waals surface area (Å²) in [6.45, 7) is 3.72. The molecule has 0 amide bonds. The lowest BCUT2D eigenvalue weighted by atomic mass is 9.98. The minimum atomic E-state index is -0.290. The van der Waals surface area contributed by atoms with Crippen molar-refractivity contribution in [3.8, 4) is 0 Å². The second-order valence-corrected chi connectivity index (χ2v) is 3.46. The number of halogens is 1. The van der Waals surface area contributed by atoms with Gasteiger partial charge in [-0.15, -0.1) is 0 Å². The number of carbonyl (C=O) groups is 1. The molecule has 1 aromatic carbocycles. The quantitative estimate of drug-likeness (QED) is 0.749. The maximum Gasteiger partial charge on any atom is 0.166 e. The fraction of sp³-hybridized carbons (Fsp3) is 0.364. The van der Waals surface area contributed by atoms with Gasteiger partial charge in [0.15, 0.2) is 5.78 Å². The molecule has 2 nitrogen and oxygen atoms in total. The number of Topliss-reactive ketones (excluding diaryl/α,β-unsaturated/α-hetero) is 1. The highest BCUT2D eigenvalue weighted by Gasteiger charge is 2.14. The highest BCUT2D eigenvalue weighted by Crippen LogP contribution is 2.12. The maximum absolute atomic E-state index is 12.9. The van der Waals surface area contributed by atoms with Crippen LogP contribution in [0.4, 0.5) is 4.39 Å². The molecule has 0 fully saturated rings. The summed E-state index contributed by atoms with van der Waals surface area (Å²) in [5, 5.41) is 0. The van der Waals surface area contributed by atoms with Gasteiger partial charge in [-0.25, -0.2) is 4.39 Å². The van der Waals surface area contributed by atoms with Crippen LogP contribution in [0, 0.1) is 18.7 Å². The van der Waals surface area contributed by atoms with Gasteiger partial charge in [0.25, 0.3) is 0 Å². The minimum absolute atomic E-state index is 0.0319. The molecule has 0 saturated carbocycles. The van der Waals surface area contributed by atoms with Crippen LogP contribution in [-0.2, 0) is 0 Å². The highest BCUT2D eigenvalue weighted by atomic mass is 19.1. The molecule has 0 aromatic heterocycles. The number of nitrogens with two attached hydrogens (primary N) is 1. The van der Waals surface area contributed by atoms with Crippen molar-refractivity contribution in [3.63, 3.8) is 0 Å². The molecule has 1 rings (SSSR count). The van der Waals surface area contributed by atoms with E-state index >= 15 is 0 Å². The van der Waals surface area contributed by atoms with Crippen LogP contribution >= 0.6 is 0 Å². The molecule has 0 heterocycles. The van der Waals surface area contributed by atoms with Gasteiger partial charge in [0.05, 0.1) is 0 Å². The molecule has 0 aliphatic rings. The predicted molar refractivity (Wildman–Crippen MR) is 53.7 cm³/mol. The number of ketones is 1. The topological polar surface area (TPSA) is 43.1 Å². The van der Waals surface area contributed by atoms with E-state index in [1.54, 1.807) is 19.9 Å². The zero-order valence-corrected chi connectivity index (χ0v) is 8.38. The molecule has 3 heteroatoms. The number of rotatable bonds is 3. The van der Waals surface area contributed by atoms with Gasteiger partial charge in [-0.3, -0.25) is 4.79 Å². The first kappa shape index (κ1) is 10.9. The number of hydrogen-bond donors (Lipinski definition) is 1. The van der Waals surface area contributed by atoms with Crippen molar-refractivity contribution in [2.45, 2.75) is 13.8 Å². The van der Waals surface area contributed by atoms with Crippen molar-refractivity contribution in [3.05, 3.63) is 35.1 Å². The van der Waals surface area contributed by atoms with Crippen molar-refractivity contribution in [1.29, 1.82) is 0 Å². The number of aryl methyl sites for hydroxylation is 1. The van der Waals surface area contributed by atoms with Crippen LogP contribution in [0.2, 0.25) is 0 Å². The van der Waals surface area contributed by atoms with Crippen molar-refractivity contribution in [1.82, 2.24) is 0 Å². The Kier molecular flexibility index (Phi) is 3.36. The molecular weight excluding hydrogens is 181 g/mol. The van der Waals surface area contributed by atoms with Crippen molar-refractivity contribution in [2.75, 3.05) is 6.54 Å². The molecular formula is C11H14FNO. The van der Waals surface area contributed by atoms with Crippen molar-refractivity contribution < 1.29 is 9.18 Å². The molecule has 2 N–H and O–H groups in total. The van der Waals surface area contributed by atoms with E-state index in [4.69, 9.17) is 5.73 Å². The van der Waals surface area contributed by atoms with Gasteiger partial charge >= 0.3 is 0 Å². The molecule has 1 atom stereocenters. The summed E-state index contributed by atoms with van der Waals surface area (Å²) in [4.78, 5) is 11.6. The first-order chi connectivity index (χ1) is 6.56. The van der Waals surface area contributed by atoms with Gasteiger partial charge < -0.3 is 5.73 Å². The Morgan fingerprint density at radius 2 is 2.21 bits per heavy atom. The Balaban J connectivity index is 2.97. The molecule has 0 aliphatic carbocycles. The summed E-state index contributed by atoms with van der Waals surface area (Å²) in [6.07, 6.45) is 0. The van der Waals surface area contributed by atoms with E-state index in [0.717, 1.165) is 0 Å². The fourth-order valence-corrected chi connectivity index (χ4v) is 1.19. The monoisotopic (exact) mass is 195 g/mol. The molecule has 1 aromatic rings. The molecule has 14 heavy (non-hydrogen) atoms. The van der Waals surface area contributed by atoms with Gasteiger partial charge in [0.2, 0.25) is 0 Å². The van der Waals surface area contributed by atoms with Gasteiger partial charge in [-0.05, 0) is 30.7 Å². The largest absolute Gasteiger partial charge is 0.330 e. The third kappa shape index (κ3) is 2.17. The Morgan fingerprint density at radius 3 is 2.71 bits per heavy atom. The summed E-state index contributed by atoms with van der Waals surface area (Å²) in [5.74, 6) is -0.530. The van der Waals surface area contributed by atoms with Gasteiger partial charge in [-0.1, -0.05) is 6.92 Å². The van der Waals surface area contributed by atoms with Crippen LogP contribution in [-0.4, -0.2) is 12.3 Å². The zero-order chi connectivity index (χ0) is 10.7. The molecule has 0 aliphatic heterocycles. The van der Waals surface area contributed by atoms with E-state index in [1.165, 1.54) is 12.1 Å². The van der Waals surface area contributed by atoms with Crippen LogP contribution in [0.15, 0.2) is 18.2 Å². The lowest BCUT2D eigenvalue weighted by Crippen LogP contribution is -2.20. The fourth-order valence-electron chi connectivity index (χ4n) is 1.19. The van der Waals surface area contributed by atoms with Crippen LogP contribution in [0.5, 0.6) is 0 Å². The second kappa shape index (κ2) is 4.33. The zero-order valence-electron chi connectivity index (χ0n) is 8.38. The normalized spacial score (nSPS) is 12.6. The van der Waals surface area contributed by atoms with Crippen molar-refractivity contribution in [2.24, 2.45) is 11.7 Å². The van der Waals surface area contributed by atoms with E-state index in [-0.39, 0.29) is 17.5 Å². The van der Waals surface area contributed by atoms with Gasteiger partial charge in [0, 0.05) is 18.0 Å². The molecule has 76 valence electrons. The first-order valence-corrected chi connectivity index (χ1v) is 4.56. The standard InChI is InChI=1S/C11H14FNO/c1-7-5-9(3-4-10(7)12)11(14)8(2)6-13/h3-5,8H,6,13H2,1-2H3. The smallest absolute Gasteiger partial charge is 0.166 e. The van der Waals surface area contributed by atoms with Crippen LogP contribution < -0.4 is 5.73 Å². The number of hydrogen-bond acceptors (Lipinski definition) is 2. The molecule has 0 radical (unpaired) electrons. The number of carbonyl (C=O) groups excluding carboxylic acids is 1. The Hall–Kier alpha value is -1.22. The SMILES string of the molecule is Cc1cc(C(=O)C(C)CN)ccc1F. The third-order valence-electron chi connectivity index (χ3n) is 2.24.